The van der Waals surface area contributed by atoms with Crippen molar-refractivity contribution in [3.8, 4) is 11.8 Å². The minimum absolute atomic E-state index is 0.711. The number of nitrogens with zero attached hydrogens (tertiary/aromatic N) is 4. The normalized spacial score (nSPS) is 16.9. The number of halogens is 1. The summed E-state index contributed by atoms with van der Waals surface area (Å²) in [6.45, 7) is 5.05. The molecular weight excluding hydrogens is 270 g/mol. The summed E-state index contributed by atoms with van der Waals surface area (Å²) in [6.07, 6.45) is 0. The lowest BCUT2D eigenvalue weighted by molar-refractivity contribution is 0.268. The molecule has 0 unspecified atom stereocenters. The molecule has 0 amide bonds. The van der Waals surface area contributed by atoms with Crippen molar-refractivity contribution in [2.24, 2.45) is 7.05 Å². The van der Waals surface area contributed by atoms with Gasteiger partial charge in [0.15, 0.2) is 4.60 Å². The molecule has 1 N–H and O–H groups in total. The van der Waals surface area contributed by atoms with Crippen LogP contribution in [0.4, 0.5) is 0 Å². The van der Waals surface area contributed by atoms with Gasteiger partial charge in [0.25, 0.3) is 0 Å². The van der Waals surface area contributed by atoms with E-state index in [1.807, 2.05) is 7.05 Å². The number of rotatable bonds is 1. The summed E-state index contributed by atoms with van der Waals surface area (Å²) >= 11 is 3.32. The Bertz CT molecular complexity index is 391. The van der Waals surface area contributed by atoms with Gasteiger partial charge in [-0.2, -0.15) is 0 Å². The van der Waals surface area contributed by atoms with E-state index >= 15 is 0 Å². The Morgan fingerprint density at radius 3 is 2.81 bits per heavy atom. The maximum atomic E-state index is 3.89. The fourth-order valence-corrected chi connectivity index (χ4v) is 2.00. The molecule has 0 saturated carbocycles. The molecule has 5 nitrogen and oxygen atoms in total. The molecule has 1 fully saturated rings. The Balaban J connectivity index is 1.94. The van der Waals surface area contributed by atoms with Crippen molar-refractivity contribution in [3.05, 3.63) is 10.3 Å². The molecule has 2 heterocycles. The van der Waals surface area contributed by atoms with E-state index in [0.717, 1.165) is 38.4 Å². The van der Waals surface area contributed by atoms with Crippen LogP contribution in [0.1, 0.15) is 5.69 Å². The van der Waals surface area contributed by atoms with Gasteiger partial charge < -0.3 is 5.32 Å². The zero-order valence-electron chi connectivity index (χ0n) is 9.20. The highest BCUT2D eigenvalue weighted by atomic mass is 79.9. The van der Waals surface area contributed by atoms with Crippen LogP contribution in [-0.2, 0) is 7.05 Å². The molecule has 0 atom stereocenters. The summed E-state index contributed by atoms with van der Waals surface area (Å²) in [6, 6.07) is 0. The molecule has 0 radical (unpaired) electrons. The molecule has 16 heavy (non-hydrogen) atoms. The number of aryl methyl sites for hydroxylation is 1. The minimum Gasteiger partial charge on any atom is -0.314 e. The highest BCUT2D eigenvalue weighted by Gasteiger charge is 2.07. The van der Waals surface area contributed by atoms with Gasteiger partial charge in [-0.3, -0.25) is 4.90 Å². The fraction of sp³-hybridized carbons (Fsp3) is 0.600. The third-order valence-electron chi connectivity index (χ3n) is 2.50. The number of aromatic nitrogens is 3. The molecule has 86 valence electrons. The van der Waals surface area contributed by atoms with Crippen molar-refractivity contribution in [2.45, 2.75) is 0 Å². The first kappa shape index (κ1) is 11.6. The van der Waals surface area contributed by atoms with E-state index in [1.165, 1.54) is 0 Å². The van der Waals surface area contributed by atoms with E-state index in [9.17, 15) is 0 Å². The predicted octanol–water partition coefficient (Wildman–Crippen LogP) is -0.166. The van der Waals surface area contributed by atoms with E-state index < -0.39 is 0 Å². The van der Waals surface area contributed by atoms with Crippen molar-refractivity contribution < 1.29 is 0 Å². The second-order valence-corrected chi connectivity index (χ2v) is 4.43. The molecule has 1 aromatic rings. The van der Waals surface area contributed by atoms with Crippen molar-refractivity contribution in [3.63, 3.8) is 0 Å². The van der Waals surface area contributed by atoms with Gasteiger partial charge in [0, 0.05) is 33.2 Å². The van der Waals surface area contributed by atoms with Crippen LogP contribution >= 0.6 is 15.9 Å². The maximum Gasteiger partial charge on any atom is 0.164 e. The fourth-order valence-electron chi connectivity index (χ4n) is 1.57. The molecule has 0 spiro atoms. The molecule has 1 saturated heterocycles. The Hall–Kier alpha value is -0.900. The van der Waals surface area contributed by atoms with E-state index in [4.69, 9.17) is 0 Å². The largest absolute Gasteiger partial charge is 0.314 e. The van der Waals surface area contributed by atoms with Gasteiger partial charge in [-0.15, -0.1) is 5.10 Å². The van der Waals surface area contributed by atoms with E-state index in [-0.39, 0.29) is 0 Å². The summed E-state index contributed by atoms with van der Waals surface area (Å²) in [5.74, 6) is 6.24. The summed E-state index contributed by atoms with van der Waals surface area (Å²) in [5, 5.41) is 11.1. The van der Waals surface area contributed by atoms with Gasteiger partial charge in [-0.1, -0.05) is 11.1 Å². The molecule has 0 aromatic carbocycles. The van der Waals surface area contributed by atoms with Crippen molar-refractivity contribution >= 4 is 15.9 Å². The van der Waals surface area contributed by atoms with Gasteiger partial charge in [0.1, 0.15) is 5.69 Å². The third-order valence-corrected chi connectivity index (χ3v) is 3.04. The molecule has 1 aliphatic heterocycles. The van der Waals surface area contributed by atoms with Crippen LogP contribution in [0, 0.1) is 11.8 Å². The lowest BCUT2D eigenvalue weighted by Crippen LogP contribution is -2.43. The van der Waals surface area contributed by atoms with Crippen LogP contribution in [0.15, 0.2) is 4.60 Å². The maximum absolute atomic E-state index is 3.89. The summed E-state index contributed by atoms with van der Waals surface area (Å²) in [4.78, 5) is 2.33. The van der Waals surface area contributed by atoms with Gasteiger partial charge in [-0.05, 0) is 21.9 Å². The minimum atomic E-state index is 0.711. The summed E-state index contributed by atoms with van der Waals surface area (Å²) in [7, 11) is 1.84. The Morgan fingerprint density at radius 2 is 2.19 bits per heavy atom. The zero-order valence-corrected chi connectivity index (χ0v) is 10.8. The molecule has 2 rings (SSSR count). The summed E-state index contributed by atoms with van der Waals surface area (Å²) in [5.41, 5.74) is 0.829. The topological polar surface area (TPSA) is 46.0 Å². The quantitative estimate of drug-likeness (QED) is 0.728. The SMILES string of the molecule is Cn1nnc(Br)c1C#CCN1CCNCC1. The smallest absolute Gasteiger partial charge is 0.164 e. The zero-order chi connectivity index (χ0) is 11.4. The van der Waals surface area contributed by atoms with Gasteiger partial charge >= 0.3 is 0 Å². The highest BCUT2D eigenvalue weighted by molar-refractivity contribution is 9.10. The van der Waals surface area contributed by atoms with Crippen molar-refractivity contribution in [1.82, 2.24) is 25.2 Å². The van der Waals surface area contributed by atoms with E-state index in [2.05, 4.69) is 48.3 Å². The first-order chi connectivity index (χ1) is 7.77. The van der Waals surface area contributed by atoms with Crippen molar-refractivity contribution in [1.29, 1.82) is 0 Å². The van der Waals surface area contributed by atoms with Crippen LogP contribution in [0.5, 0.6) is 0 Å². The Labute approximate surface area is 103 Å². The van der Waals surface area contributed by atoms with Crippen LogP contribution in [0.2, 0.25) is 0 Å². The van der Waals surface area contributed by atoms with Gasteiger partial charge in [-0.25, -0.2) is 4.68 Å². The molecule has 1 aliphatic rings. The first-order valence-electron chi connectivity index (χ1n) is 5.24. The molecule has 6 heteroatoms. The average Bonchev–Trinajstić information content (AvgIpc) is 2.62. The number of nitrogens with one attached hydrogen (secondary N) is 1. The number of hydrogen-bond acceptors (Lipinski definition) is 4. The van der Waals surface area contributed by atoms with E-state index in [1.54, 1.807) is 4.68 Å². The van der Waals surface area contributed by atoms with Crippen LogP contribution in [0.25, 0.3) is 0 Å². The van der Waals surface area contributed by atoms with Crippen LogP contribution < -0.4 is 5.32 Å². The standard InChI is InChI=1S/C10H14BrN5/c1-15-9(10(11)13-14-15)3-2-6-16-7-4-12-5-8-16/h12H,4-8H2,1H3. The van der Waals surface area contributed by atoms with Gasteiger partial charge in [0.2, 0.25) is 0 Å². The van der Waals surface area contributed by atoms with E-state index in [0.29, 0.717) is 4.60 Å². The highest BCUT2D eigenvalue weighted by Crippen LogP contribution is 2.09. The van der Waals surface area contributed by atoms with Crippen molar-refractivity contribution in [2.75, 3.05) is 32.7 Å². The molecule has 0 bridgehead atoms. The number of piperazine rings is 1. The van der Waals surface area contributed by atoms with Crippen LogP contribution in [0.3, 0.4) is 0 Å². The third kappa shape index (κ3) is 2.82. The van der Waals surface area contributed by atoms with Crippen LogP contribution in [-0.4, -0.2) is 52.6 Å². The molecular formula is C10H14BrN5. The van der Waals surface area contributed by atoms with Gasteiger partial charge in [0.05, 0.1) is 6.54 Å². The molecule has 1 aromatic heterocycles. The Morgan fingerprint density at radius 1 is 1.44 bits per heavy atom. The predicted molar refractivity (Wildman–Crippen MR) is 64.9 cm³/mol. The molecule has 0 aliphatic carbocycles. The second kappa shape index (κ2) is 5.43. The average molecular weight is 284 g/mol. The second-order valence-electron chi connectivity index (χ2n) is 3.68. The lowest BCUT2D eigenvalue weighted by Gasteiger charge is -2.24. The summed E-state index contributed by atoms with van der Waals surface area (Å²) < 4.78 is 2.39. The number of hydrogen-bond donors (Lipinski definition) is 1. The monoisotopic (exact) mass is 283 g/mol. The lowest BCUT2D eigenvalue weighted by atomic mass is 10.3. The Kier molecular flexibility index (Phi) is 3.93. The first-order valence-corrected chi connectivity index (χ1v) is 6.04.